The number of rotatable bonds is 12. The molecule has 4 saturated carbocycles. The second-order valence-electron chi connectivity index (χ2n) is 19.7. The summed E-state index contributed by atoms with van der Waals surface area (Å²) in [6.45, 7) is 0. The van der Waals surface area contributed by atoms with E-state index in [1.54, 1.807) is 38.5 Å². The number of halogens is 6. The van der Waals surface area contributed by atoms with Gasteiger partial charge in [0, 0.05) is 85.1 Å². The summed E-state index contributed by atoms with van der Waals surface area (Å²) in [6, 6.07) is 5.82. The summed E-state index contributed by atoms with van der Waals surface area (Å²) in [7, 11) is 3.62. The Morgan fingerprint density at radius 2 is 0.987 bits per heavy atom. The van der Waals surface area contributed by atoms with E-state index >= 15 is 0 Å². The first-order valence-corrected chi connectivity index (χ1v) is 24.8. The third kappa shape index (κ3) is 16.1. The average Bonchev–Trinajstić information content (AvgIpc) is 4.23. The number of anilines is 4. The van der Waals surface area contributed by atoms with Crippen molar-refractivity contribution in [3.8, 4) is 0 Å². The summed E-state index contributed by atoms with van der Waals surface area (Å²) >= 11 is 0. The number of nitrogens with zero attached hydrogens (tertiary/aromatic N) is 7. The lowest BCUT2D eigenvalue weighted by atomic mass is 9.84. The number of carbonyl (C=O) groups excluding carboxylic acids is 5. The molecule has 6 fully saturated rings. The predicted molar refractivity (Wildman–Crippen MR) is 265 cm³/mol. The maximum Gasteiger partial charge on any atom is 0.490 e. The molecule has 0 atom stereocenters. The number of nitrogens with one attached hydrogen (secondary N) is 6. The molecule has 10 rings (SSSR count). The van der Waals surface area contributed by atoms with Crippen LogP contribution in [0.1, 0.15) is 107 Å². The molecule has 10 N–H and O–H groups in total. The Morgan fingerprint density at radius 3 is 1.31 bits per heavy atom. The maximum absolute atomic E-state index is 12.0. The van der Waals surface area contributed by atoms with E-state index in [0.717, 1.165) is 106 Å². The van der Waals surface area contributed by atoms with Gasteiger partial charge in [0.25, 0.3) is 11.8 Å². The minimum absolute atomic E-state index is 0.0703. The first-order valence-electron chi connectivity index (χ1n) is 24.8. The molecule has 0 radical (unpaired) electrons. The molecule has 6 aliphatic rings. The highest BCUT2D eigenvalue weighted by molar-refractivity contribution is 6.16. The maximum atomic E-state index is 12.0. The Balaban J connectivity index is 0.000000181. The smallest absolute Gasteiger partial charge is 0.475 e. The van der Waals surface area contributed by atoms with Crippen molar-refractivity contribution in [3.63, 3.8) is 0 Å². The van der Waals surface area contributed by atoms with Gasteiger partial charge in [0.15, 0.2) is 11.3 Å². The quantitative estimate of drug-likeness (QED) is 0.0519. The normalized spacial score (nSPS) is 22.5. The molecule has 0 bridgehead atoms. The van der Waals surface area contributed by atoms with Crippen molar-refractivity contribution in [2.75, 3.05) is 35.4 Å². The minimum Gasteiger partial charge on any atom is -0.475 e. The molecule has 0 aromatic carbocycles. The second-order valence-corrected chi connectivity index (χ2v) is 19.7. The van der Waals surface area contributed by atoms with Crippen LogP contribution in [-0.4, -0.2) is 142 Å². The molecule has 77 heavy (non-hydrogen) atoms. The molecule has 416 valence electrons. The summed E-state index contributed by atoms with van der Waals surface area (Å²) in [6.07, 6.45) is 10.0. The Bertz CT molecular complexity index is 2920. The van der Waals surface area contributed by atoms with E-state index in [2.05, 4.69) is 42.1 Å². The average molecular weight is 1090 g/mol. The number of carboxylic acids is 2. The number of nitrogens with two attached hydrogens (primary N) is 1. The minimum atomic E-state index is -5.08. The van der Waals surface area contributed by atoms with Gasteiger partial charge in [-0.3, -0.25) is 34.6 Å². The van der Waals surface area contributed by atoms with Crippen molar-refractivity contribution >= 4 is 88.2 Å². The number of carbonyl (C=O) groups is 7. The van der Waals surface area contributed by atoms with Crippen molar-refractivity contribution in [1.29, 1.82) is 0 Å². The Hall–Kier alpha value is -7.85. The number of aliphatic carboxylic acids is 2. The van der Waals surface area contributed by atoms with Crippen LogP contribution in [-0.2, 0) is 33.6 Å². The van der Waals surface area contributed by atoms with Gasteiger partial charge < -0.3 is 42.1 Å². The monoisotopic (exact) mass is 1090 g/mol. The third-order valence-electron chi connectivity index (χ3n) is 13.1. The molecule has 4 aliphatic carbocycles. The largest absolute Gasteiger partial charge is 0.490 e. The van der Waals surface area contributed by atoms with E-state index in [1.807, 2.05) is 26.2 Å². The number of carboxylic acid groups (broad SMARTS) is 2. The van der Waals surface area contributed by atoms with Gasteiger partial charge in [-0.15, -0.1) is 0 Å². The van der Waals surface area contributed by atoms with Crippen molar-refractivity contribution in [1.82, 2.24) is 44.7 Å². The van der Waals surface area contributed by atoms with Gasteiger partial charge >= 0.3 is 24.3 Å². The van der Waals surface area contributed by atoms with Crippen LogP contribution in [0, 0.1) is 5.92 Å². The second kappa shape index (κ2) is 24.0. The Labute approximate surface area is 434 Å². The van der Waals surface area contributed by atoms with Crippen molar-refractivity contribution in [2.45, 2.75) is 139 Å². The highest BCUT2D eigenvalue weighted by Gasteiger charge is 2.39. The van der Waals surface area contributed by atoms with E-state index in [1.165, 1.54) is 0 Å². The Morgan fingerprint density at radius 1 is 0.636 bits per heavy atom. The first-order chi connectivity index (χ1) is 36.3. The van der Waals surface area contributed by atoms with Gasteiger partial charge in [0.05, 0.1) is 25.2 Å². The fourth-order valence-corrected chi connectivity index (χ4v) is 8.63. The number of hydrogen-bond acceptors (Lipinski definition) is 16. The molecule has 2 saturated heterocycles. The van der Waals surface area contributed by atoms with E-state index in [9.17, 15) is 50.3 Å². The molecular weight excluding hydrogens is 1030 g/mol. The SMILES string of the molecule is CN(C)C(=O)CC1CCC(Nc2cc(NC3CC3)n3ncc(/C=C4\CC(=O)NC4=O)c3n2)CC1.NC1CCC(Nc2cc(NC3CC3)n3ncc(/C=C4\CC(=O)NC4=O)c3n2)CC1.O=C(O)C(F)(F)F.O=C(O)C(F)(F)F. The zero-order valence-electron chi connectivity index (χ0n) is 41.8. The first kappa shape index (κ1) is 56.9. The van der Waals surface area contributed by atoms with Gasteiger partial charge in [0.1, 0.15) is 23.3 Å². The van der Waals surface area contributed by atoms with Gasteiger partial charge in [-0.25, -0.2) is 19.6 Å². The van der Waals surface area contributed by atoms with Crippen molar-refractivity contribution < 1.29 is 70.1 Å². The molecule has 5 amide bonds. The van der Waals surface area contributed by atoms with E-state index in [4.69, 9.17) is 35.5 Å². The molecule has 4 aromatic rings. The molecule has 0 unspecified atom stereocenters. The summed E-state index contributed by atoms with van der Waals surface area (Å²) in [5.41, 5.74) is 9.60. The van der Waals surface area contributed by atoms with E-state index in [0.29, 0.717) is 64.5 Å². The lowest BCUT2D eigenvalue weighted by Crippen LogP contribution is -2.33. The highest BCUT2D eigenvalue weighted by atomic mass is 19.4. The topological polar surface area (TPSA) is 322 Å². The van der Waals surface area contributed by atoms with Gasteiger partial charge in [-0.2, -0.15) is 45.6 Å². The van der Waals surface area contributed by atoms with Crippen LogP contribution < -0.4 is 37.6 Å². The van der Waals surface area contributed by atoms with Crippen LogP contribution in [0.15, 0.2) is 35.7 Å². The molecule has 0 spiro atoms. The number of imide groups is 2. The lowest BCUT2D eigenvalue weighted by Gasteiger charge is -2.29. The van der Waals surface area contributed by atoms with Crippen LogP contribution in [0.5, 0.6) is 0 Å². The van der Waals surface area contributed by atoms with Crippen LogP contribution in [0.3, 0.4) is 0 Å². The number of fused-ring (bicyclic) bond motifs is 2. The van der Waals surface area contributed by atoms with Crippen LogP contribution >= 0.6 is 0 Å². The van der Waals surface area contributed by atoms with Gasteiger partial charge in [-0.1, -0.05) is 0 Å². The standard InChI is InChI=1S/C24H31N7O3.C20H25N7O2.2C2HF3O2/c1-30(2)22(33)9-14-3-5-17(6-4-14)26-19-12-20(27-18-7-8-18)31-23(28-19)16(13-25-31)10-15-11-21(32)29-24(15)34;21-13-1-3-14(4-2-13)23-16-9-17(24-15-5-6-15)27-19(25-16)12(10-22-27)7-11-8-18(28)26-20(11)29;2*3-2(4,5)1(6)7/h10,12-14,17-18,27H,3-9,11H2,1-2H3,(H,26,28)(H,29,32,34);7,9-10,13-15,24H,1-6,8,21H2,(H,23,25)(H,26,28,29);2*(H,6,7)/b15-10+;11-7+;;. The fourth-order valence-electron chi connectivity index (χ4n) is 8.63. The number of hydrogen-bond donors (Lipinski definition) is 9. The van der Waals surface area contributed by atoms with Crippen LogP contribution in [0.25, 0.3) is 23.4 Å². The van der Waals surface area contributed by atoms with Gasteiger partial charge in [-0.05, 0) is 95.1 Å². The highest BCUT2D eigenvalue weighted by Crippen LogP contribution is 2.33. The van der Waals surface area contributed by atoms with Crippen molar-refractivity contribution in [2.24, 2.45) is 11.7 Å². The summed E-state index contributed by atoms with van der Waals surface area (Å²) < 4.78 is 67.0. The molecule has 6 heterocycles. The van der Waals surface area contributed by atoms with Crippen LogP contribution in [0.2, 0.25) is 0 Å². The molecule has 4 aromatic heterocycles. The summed E-state index contributed by atoms with van der Waals surface area (Å²) in [5.74, 6) is -2.88. The molecule has 23 nitrogen and oxygen atoms in total. The summed E-state index contributed by atoms with van der Waals surface area (Å²) in [4.78, 5) is 88.2. The lowest BCUT2D eigenvalue weighted by molar-refractivity contribution is -0.193. The molecular formula is C48H58F6N14O9. The van der Waals surface area contributed by atoms with Crippen molar-refractivity contribution in [3.05, 3.63) is 46.8 Å². The summed E-state index contributed by atoms with van der Waals surface area (Å²) in [5, 5.41) is 42.0. The zero-order chi connectivity index (χ0) is 55.9. The van der Waals surface area contributed by atoms with E-state index in [-0.39, 0.29) is 48.4 Å². The third-order valence-corrected chi connectivity index (χ3v) is 13.1. The number of amides is 5. The van der Waals surface area contributed by atoms with E-state index < -0.39 is 24.3 Å². The number of aromatic nitrogens is 6. The predicted octanol–water partition coefficient (Wildman–Crippen LogP) is 4.86. The fraction of sp³-hybridized carbons (Fsp3) is 0.521. The van der Waals surface area contributed by atoms with Crippen LogP contribution in [0.4, 0.5) is 49.6 Å². The number of alkyl halides is 6. The van der Waals surface area contributed by atoms with Gasteiger partial charge in [0.2, 0.25) is 17.7 Å². The zero-order valence-corrected chi connectivity index (χ0v) is 41.8. The molecule has 2 aliphatic heterocycles. The molecule has 29 heteroatoms. The Kier molecular flexibility index (Phi) is 17.7.